The Morgan fingerprint density at radius 2 is 1.69 bits per heavy atom. The van der Waals surface area contributed by atoms with Gasteiger partial charge in [0.25, 0.3) is 5.91 Å². The number of para-hydroxylation sites is 1. The third-order valence-electron chi connectivity index (χ3n) is 5.74. The summed E-state index contributed by atoms with van der Waals surface area (Å²) < 4.78 is 1.77. The SMILES string of the molecule is Cc1ccccc1-n1ncc(C(=O)N2CC(C(=O)O)C(c3ccccc3)C2)c1C. The van der Waals surface area contributed by atoms with Crippen LogP contribution >= 0.6 is 0 Å². The maximum Gasteiger partial charge on any atom is 0.308 e. The predicted octanol–water partition coefficient (Wildman–Crippen LogP) is 3.43. The van der Waals surface area contributed by atoms with E-state index < -0.39 is 11.9 Å². The fourth-order valence-corrected chi connectivity index (χ4v) is 4.09. The Labute approximate surface area is 169 Å². The average molecular weight is 389 g/mol. The minimum atomic E-state index is -0.874. The second kappa shape index (κ2) is 7.54. The van der Waals surface area contributed by atoms with Crippen LogP contribution in [0, 0.1) is 19.8 Å². The van der Waals surface area contributed by atoms with E-state index in [0.29, 0.717) is 12.1 Å². The normalized spacial score (nSPS) is 18.8. The third-order valence-corrected chi connectivity index (χ3v) is 5.74. The Hall–Kier alpha value is -3.41. The van der Waals surface area contributed by atoms with E-state index in [1.165, 1.54) is 0 Å². The predicted molar refractivity (Wildman–Crippen MR) is 109 cm³/mol. The molecule has 2 aromatic carbocycles. The quantitative estimate of drug-likeness (QED) is 0.742. The fraction of sp³-hybridized carbons (Fsp3) is 0.261. The van der Waals surface area contributed by atoms with E-state index in [0.717, 1.165) is 22.5 Å². The number of aromatic nitrogens is 2. The number of carboxylic acids is 1. The number of aliphatic carboxylic acids is 1. The van der Waals surface area contributed by atoms with E-state index in [-0.39, 0.29) is 18.4 Å². The van der Waals surface area contributed by atoms with E-state index in [1.807, 2.05) is 68.4 Å². The van der Waals surface area contributed by atoms with Crippen LogP contribution in [-0.2, 0) is 4.79 Å². The van der Waals surface area contributed by atoms with E-state index in [2.05, 4.69) is 5.10 Å². The minimum Gasteiger partial charge on any atom is -0.481 e. The molecular weight excluding hydrogens is 366 g/mol. The van der Waals surface area contributed by atoms with Gasteiger partial charge in [-0.05, 0) is 31.0 Å². The molecule has 0 spiro atoms. The first-order valence-electron chi connectivity index (χ1n) is 9.65. The summed E-state index contributed by atoms with van der Waals surface area (Å²) in [6.45, 7) is 4.45. The molecule has 1 N–H and O–H groups in total. The number of rotatable bonds is 4. The van der Waals surface area contributed by atoms with E-state index >= 15 is 0 Å². The molecule has 6 nitrogen and oxygen atoms in total. The highest BCUT2D eigenvalue weighted by Crippen LogP contribution is 2.34. The van der Waals surface area contributed by atoms with Crippen molar-refractivity contribution in [2.75, 3.05) is 13.1 Å². The second-order valence-electron chi connectivity index (χ2n) is 7.51. The van der Waals surface area contributed by atoms with Gasteiger partial charge < -0.3 is 10.0 Å². The maximum absolute atomic E-state index is 13.2. The first-order valence-corrected chi connectivity index (χ1v) is 9.65. The molecule has 2 atom stereocenters. The van der Waals surface area contributed by atoms with Crippen LogP contribution in [0.3, 0.4) is 0 Å². The van der Waals surface area contributed by atoms with Crippen molar-refractivity contribution >= 4 is 11.9 Å². The van der Waals surface area contributed by atoms with Crippen LogP contribution in [0.1, 0.15) is 33.1 Å². The molecule has 1 amide bonds. The molecule has 1 saturated heterocycles. The Balaban J connectivity index is 1.62. The summed E-state index contributed by atoms with van der Waals surface area (Å²) in [6.07, 6.45) is 1.58. The third kappa shape index (κ3) is 3.42. The minimum absolute atomic E-state index is 0.174. The van der Waals surface area contributed by atoms with Crippen LogP contribution < -0.4 is 0 Å². The number of benzene rings is 2. The molecule has 2 unspecified atom stereocenters. The molecule has 1 aliphatic heterocycles. The molecule has 1 fully saturated rings. The van der Waals surface area contributed by atoms with Crippen LogP contribution in [-0.4, -0.2) is 44.8 Å². The summed E-state index contributed by atoms with van der Waals surface area (Å²) in [6, 6.07) is 17.4. The molecule has 0 saturated carbocycles. The molecule has 4 rings (SSSR count). The lowest BCUT2D eigenvalue weighted by Gasteiger charge is -2.16. The van der Waals surface area contributed by atoms with Gasteiger partial charge in [-0.15, -0.1) is 0 Å². The Morgan fingerprint density at radius 1 is 1.00 bits per heavy atom. The van der Waals surface area contributed by atoms with Gasteiger partial charge in [-0.1, -0.05) is 48.5 Å². The number of likely N-dealkylation sites (tertiary alicyclic amines) is 1. The Morgan fingerprint density at radius 3 is 2.38 bits per heavy atom. The van der Waals surface area contributed by atoms with Gasteiger partial charge in [-0.25, -0.2) is 4.68 Å². The van der Waals surface area contributed by atoms with Gasteiger partial charge in [0.1, 0.15) is 0 Å². The van der Waals surface area contributed by atoms with Crippen molar-refractivity contribution in [1.29, 1.82) is 0 Å². The van der Waals surface area contributed by atoms with Crippen molar-refractivity contribution in [3.05, 3.63) is 83.2 Å². The largest absolute Gasteiger partial charge is 0.481 e. The van der Waals surface area contributed by atoms with Crippen LogP contribution in [0.5, 0.6) is 0 Å². The Bertz CT molecular complexity index is 1060. The van der Waals surface area contributed by atoms with E-state index in [4.69, 9.17) is 0 Å². The average Bonchev–Trinajstić information content (AvgIpc) is 3.33. The summed E-state index contributed by atoms with van der Waals surface area (Å²) in [5, 5.41) is 14.1. The second-order valence-corrected chi connectivity index (χ2v) is 7.51. The van der Waals surface area contributed by atoms with Crippen LogP contribution in [0.25, 0.3) is 5.69 Å². The number of carbonyl (C=O) groups excluding carboxylic acids is 1. The van der Waals surface area contributed by atoms with Crippen molar-refractivity contribution in [3.63, 3.8) is 0 Å². The number of hydrogen-bond donors (Lipinski definition) is 1. The number of carbonyl (C=O) groups is 2. The van der Waals surface area contributed by atoms with Crippen molar-refractivity contribution in [1.82, 2.24) is 14.7 Å². The number of amides is 1. The fourth-order valence-electron chi connectivity index (χ4n) is 4.09. The number of carboxylic acid groups (broad SMARTS) is 1. The summed E-state index contributed by atoms with van der Waals surface area (Å²) >= 11 is 0. The summed E-state index contributed by atoms with van der Waals surface area (Å²) in [4.78, 5) is 26.7. The lowest BCUT2D eigenvalue weighted by atomic mass is 9.89. The van der Waals surface area contributed by atoms with Gasteiger partial charge >= 0.3 is 5.97 Å². The highest BCUT2D eigenvalue weighted by molar-refractivity contribution is 5.96. The molecule has 3 aromatic rings. The van der Waals surface area contributed by atoms with Gasteiger partial charge in [0.15, 0.2) is 0 Å². The molecule has 2 heterocycles. The first-order chi connectivity index (χ1) is 14.0. The smallest absolute Gasteiger partial charge is 0.308 e. The van der Waals surface area contributed by atoms with Gasteiger partial charge in [0.05, 0.1) is 29.1 Å². The van der Waals surface area contributed by atoms with Gasteiger partial charge in [0.2, 0.25) is 0 Å². The molecule has 148 valence electrons. The molecule has 0 radical (unpaired) electrons. The van der Waals surface area contributed by atoms with Crippen molar-refractivity contribution < 1.29 is 14.7 Å². The lowest BCUT2D eigenvalue weighted by Crippen LogP contribution is -2.30. The highest BCUT2D eigenvalue weighted by Gasteiger charge is 2.41. The van der Waals surface area contributed by atoms with E-state index in [9.17, 15) is 14.7 Å². The van der Waals surface area contributed by atoms with Crippen LogP contribution in [0.2, 0.25) is 0 Å². The molecule has 0 bridgehead atoms. The molecule has 29 heavy (non-hydrogen) atoms. The zero-order valence-electron chi connectivity index (χ0n) is 16.4. The summed E-state index contributed by atoms with van der Waals surface area (Å²) in [5.41, 5.74) is 4.19. The summed E-state index contributed by atoms with van der Waals surface area (Å²) in [7, 11) is 0. The van der Waals surface area contributed by atoms with Crippen LogP contribution in [0.4, 0.5) is 0 Å². The standard InChI is InChI=1S/C23H23N3O3/c1-15-8-6-7-11-21(15)26-16(2)18(12-24-26)22(27)25-13-19(20(14-25)23(28)29)17-9-4-3-5-10-17/h3-12,19-20H,13-14H2,1-2H3,(H,28,29). The van der Waals surface area contributed by atoms with Crippen molar-refractivity contribution in [2.45, 2.75) is 19.8 Å². The monoisotopic (exact) mass is 389 g/mol. The van der Waals surface area contributed by atoms with Crippen molar-refractivity contribution in [3.8, 4) is 5.69 Å². The lowest BCUT2D eigenvalue weighted by molar-refractivity contribution is -0.141. The summed E-state index contributed by atoms with van der Waals surface area (Å²) in [5.74, 6) is -1.88. The highest BCUT2D eigenvalue weighted by atomic mass is 16.4. The van der Waals surface area contributed by atoms with Crippen molar-refractivity contribution in [2.24, 2.45) is 5.92 Å². The molecule has 6 heteroatoms. The van der Waals surface area contributed by atoms with Gasteiger partial charge in [-0.2, -0.15) is 5.10 Å². The maximum atomic E-state index is 13.2. The number of hydrogen-bond acceptors (Lipinski definition) is 3. The van der Waals surface area contributed by atoms with Gasteiger partial charge in [0, 0.05) is 19.0 Å². The van der Waals surface area contributed by atoms with Gasteiger partial charge in [-0.3, -0.25) is 9.59 Å². The molecule has 1 aliphatic rings. The topological polar surface area (TPSA) is 75.4 Å². The molecule has 0 aliphatic carbocycles. The number of aryl methyl sites for hydroxylation is 1. The molecule has 1 aromatic heterocycles. The Kier molecular flexibility index (Phi) is 4.92. The van der Waals surface area contributed by atoms with E-state index in [1.54, 1.807) is 15.8 Å². The first kappa shape index (κ1) is 18.9. The number of nitrogens with zero attached hydrogens (tertiary/aromatic N) is 3. The molecular formula is C23H23N3O3. The zero-order chi connectivity index (χ0) is 20.5. The van der Waals surface area contributed by atoms with Crippen LogP contribution in [0.15, 0.2) is 60.8 Å². The zero-order valence-corrected chi connectivity index (χ0v) is 16.4.